The largest absolute Gasteiger partial charge is 0.288 e. The second-order valence-corrected chi connectivity index (χ2v) is 3.29. The summed E-state index contributed by atoms with van der Waals surface area (Å²) in [7, 11) is 0. The summed E-state index contributed by atoms with van der Waals surface area (Å²) in [4.78, 5) is 15.4. The number of H-pyrrole nitrogens is 1. The van der Waals surface area contributed by atoms with Gasteiger partial charge in [-0.25, -0.2) is 0 Å². The first-order valence-corrected chi connectivity index (χ1v) is 4.89. The van der Waals surface area contributed by atoms with Crippen LogP contribution in [0.15, 0.2) is 24.5 Å². The molecule has 0 saturated carbocycles. The lowest BCUT2D eigenvalue weighted by Crippen LogP contribution is -2.09. The van der Waals surface area contributed by atoms with Gasteiger partial charge in [0, 0.05) is 18.5 Å². The maximum atomic E-state index is 11.5. The number of aryl methyl sites for hydroxylation is 1. The Labute approximate surface area is 97.0 Å². The van der Waals surface area contributed by atoms with Crippen LogP contribution in [0.5, 0.6) is 0 Å². The van der Waals surface area contributed by atoms with Crippen molar-refractivity contribution in [1.29, 1.82) is 0 Å². The third-order valence-electron chi connectivity index (χ3n) is 2.06. The van der Waals surface area contributed by atoms with Gasteiger partial charge in [-0.2, -0.15) is 5.21 Å². The first kappa shape index (κ1) is 10.9. The van der Waals surface area contributed by atoms with Crippen LogP contribution in [0.4, 0.5) is 5.95 Å². The molecule has 0 unspecified atom stereocenters. The number of carbonyl (C=O) groups excluding carboxylic acids is 1. The van der Waals surface area contributed by atoms with Crippen LogP contribution < -0.4 is 5.32 Å². The van der Waals surface area contributed by atoms with Crippen molar-refractivity contribution in [2.24, 2.45) is 0 Å². The van der Waals surface area contributed by atoms with Gasteiger partial charge in [0.05, 0.1) is 0 Å². The van der Waals surface area contributed by atoms with Crippen LogP contribution in [0, 0.1) is 6.92 Å². The zero-order chi connectivity index (χ0) is 12.1. The molecule has 0 aliphatic rings. The lowest BCUT2D eigenvalue weighted by molar-refractivity contribution is -0.111. The Morgan fingerprint density at radius 1 is 1.53 bits per heavy atom. The topological polar surface area (TPSA) is 96.5 Å². The Morgan fingerprint density at radius 2 is 2.41 bits per heavy atom. The lowest BCUT2D eigenvalue weighted by Gasteiger charge is -1.97. The minimum atomic E-state index is -0.317. The summed E-state index contributed by atoms with van der Waals surface area (Å²) >= 11 is 0. The third kappa shape index (κ3) is 2.94. The molecule has 0 bridgehead atoms. The second-order valence-electron chi connectivity index (χ2n) is 3.29. The van der Waals surface area contributed by atoms with Crippen molar-refractivity contribution in [2.45, 2.75) is 6.92 Å². The van der Waals surface area contributed by atoms with E-state index >= 15 is 0 Å². The molecule has 2 aromatic heterocycles. The Hall–Kier alpha value is -2.57. The van der Waals surface area contributed by atoms with Gasteiger partial charge < -0.3 is 0 Å². The predicted octanol–water partition coefficient (Wildman–Crippen LogP) is 0.555. The minimum absolute atomic E-state index is 0.145. The fourth-order valence-corrected chi connectivity index (χ4v) is 1.20. The number of nitrogens with zero attached hydrogens (tertiary/aromatic N) is 4. The molecule has 17 heavy (non-hydrogen) atoms. The second kappa shape index (κ2) is 4.97. The van der Waals surface area contributed by atoms with Crippen molar-refractivity contribution in [3.8, 4) is 0 Å². The molecule has 2 rings (SSSR count). The zero-order valence-corrected chi connectivity index (χ0v) is 9.08. The van der Waals surface area contributed by atoms with Crippen LogP contribution in [0.3, 0.4) is 0 Å². The van der Waals surface area contributed by atoms with E-state index in [0.717, 1.165) is 11.1 Å². The van der Waals surface area contributed by atoms with Crippen LogP contribution in [-0.4, -0.2) is 31.5 Å². The summed E-state index contributed by atoms with van der Waals surface area (Å²) in [5, 5.41) is 15.2. The normalized spacial score (nSPS) is 10.6. The zero-order valence-electron chi connectivity index (χ0n) is 9.08. The van der Waals surface area contributed by atoms with Crippen molar-refractivity contribution >= 4 is 17.9 Å². The number of aromatic amines is 1. The Balaban J connectivity index is 2.01. The molecule has 0 radical (unpaired) electrons. The minimum Gasteiger partial charge on any atom is -0.288 e. The SMILES string of the molecule is Cc1cnccc1C=CC(=O)Nc1nn[nH]n1. The fraction of sp³-hybridized carbons (Fsp3) is 0.100. The molecule has 7 heteroatoms. The number of nitrogens with one attached hydrogen (secondary N) is 2. The van der Waals surface area contributed by atoms with Gasteiger partial charge in [0.1, 0.15) is 0 Å². The number of pyridine rings is 1. The number of rotatable bonds is 3. The molecule has 0 saturated heterocycles. The number of hydrogen-bond donors (Lipinski definition) is 2. The van der Waals surface area contributed by atoms with Crippen molar-refractivity contribution < 1.29 is 4.79 Å². The molecule has 0 aromatic carbocycles. The third-order valence-corrected chi connectivity index (χ3v) is 2.06. The highest BCUT2D eigenvalue weighted by Crippen LogP contribution is 2.07. The van der Waals surface area contributed by atoms with Gasteiger partial charge >= 0.3 is 0 Å². The van der Waals surface area contributed by atoms with E-state index in [-0.39, 0.29) is 11.9 Å². The highest BCUT2D eigenvalue weighted by atomic mass is 16.1. The molecule has 7 nitrogen and oxygen atoms in total. The van der Waals surface area contributed by atoms with Crippen molar-refractivity contribution in [2.75, 3.05) is 5.32 Å². The monoisotopic (exact) mass is 230 g/mol. The maximum absolute atomic E-state index is 11.5. The molecule has 2 aromatic rings. The summed E-state index contributed by atoms with van der Waals surface area (Å²) in [5.74, 6) is -0.172. The van der Waals surface area contributed by atoms with Gasteiger partial charge in [-0.15, -0.1) is 5.10 Å². The summed E-state index contributed by atoms with van der Waals surface area (Å²) in [6.45, 7) is 1.92. The van der Waals surface area contributed by atoms with Gasteiger partial charge in [-0.1, -0.05) is 5.10 Å². The van der Waals surface area contributed by atoms with Crippen molar-refractivity contribution in [3.63, 3.8) is 0 Å². The standard InChI is InChI=1S/C10H10N6O/c1-7-6-11-5-4-8(7)2-3-9(17)12-10-13-15-16-14-10/h2-6H,1H3,(H2,12,13,14,15,16,17). The molecule has 0 aliphatic heterocycles. The van der Waals surface area contributed by atoms with E-state index in [0.29, 0.717) is 0 Å². The lowest BCUT2D eigenvalue weighted by atomic mass is 10.1. The average molecular weight is 230 g/mol. The highest BCUT2D eigenvalue weighted by molar-refractivity contribution is 6.00. The molecule has 0 atom stereocenters. The number of tetrazole rings is 1. The molecule has 0 aliphatic carbocycles. The number of hydrogen-bond acceptors (Lipinski definition) is 5. The molecule has 86 valence electrons. The molecular formula is C10H10N6O. The Kier molecular flexibility index (Phi) is 3.20. The maximum Gasteiger partial charge on any atom is 0.270 e. The molecule has 0 fully saturated rings. The van der Waals surface area contributed by atoms with Crippen molar-refractivity contribution in [1.82, 2.24) is 25.6 Å². The van der Waals surface area contributed by atoms with E-state index in [4.69, 9.17) is 0 Å². The van der Waals surface area contributed by atoms with Crippen molar-refractivity contribution in [3.05, 3.63) is 35.7 Å². The first-order valence-electron chi connectivity index (χ1n) is 4.89. The van der Waals surface area contributed by atoms with Gasteiger partial charge in [-0.05, 0) is 35.4 Å². The Morgan fingerprint density at radius 3 is 3.12 bits per heavy atom. The summed E-state index contributed by atoms with van der Waals surface area (Å²) in [6, 6.07) is 1.83. The van der Waals surface area contributed by atoms with Crippen LogP contribution in [0.2, 0.25) is 0 Å². The average Bonchev–Trinajstić information content (AvgIpc) is 2.81. The smallest absolute Gasteiger partial charge is 0.270 e. The van der Waals surface area contributed by atoms with Crippen LogP contribution in [-0.2, 0) is 4.79 Å². The molecule has 1 amide bonds. The van der Waals surface area contributed by atoms with E-state index < -0.39 is 0 Å². The van der Waals surface area contributed by atoms with E-state index in [2.05, 4.69) is 30.9 Å². The number of carbonyl (C=O) groups is 1. The molecule has 2 N–H and O–H groups in total. The van der Waals surface area contributed by atoms with E-state index in [1.165, 1.54) is 6.08 Å². The quantitative estimate of drug-likeness (QED) is 0.751. The van der Waals surface area contributed by atoms with Gasteiger partial charge in [0.25, 0.3) is 11.9 Å². The molecule has 0 spiro atoms. The van der Waals surface area contributed by atoms with Crippen LogP contribution >= 0.6 is 0 Å². The van der Waals surface area contributed by atoms with E-state index in [9.17, 15) is 4.79 Å². The van der Waals surface area contributed by atoms with E-state index in [1.54, 1.807) is 18.5 Å². The van der Waals surface area contributed by atoms with Gasteiger partial charge in [0.2, 0.25) is 0 Å². The Bertz CT molecular complexity index is 533. The van der Waals surface area contributed by atoms with Crippen LogP contribution in [0.25, 0.3) is 6.08 Å². The van der Waals surface area contributed by atoms with Crippen LogP contribution in [0.1, 0.15) is 11.1 Å². The fourth-order valence-electron chi connectivity index (χ4n) is 1.20. The first-order chi connectivity index (χ1) is 8.25. The molecular weight excluding hydrogens is 220 g/mol. The number of aromatic nitrogens is 5. The summed E-state index contributed by atoms with van der Waals surface area (Å²) in [6.07, 6.45) is 6.51. The highest BCUT2D eigenvalue weighted by Gasteiger charge is 2.01. The van der Waals surface area contributed by atoms with E-state index in [1.807, 2.05) is 13.0 Å². The number of anilines is 1. The summed E-state index contributed by atoms with van der Waals surface area (Å²) in [5.41, 5.74) is 1.93. The van der Waals surface area contributed by atoms with Gasteiger partial charge in [0.15, 0.2) is 0 Å². The summed E-state index contributed by atoms with van der Waals surface area (Å²) < 4.78 is 0. The molecule has 2 heterocycles. The predicted molar refractivity (Wildman–Crippen MR) is 60.8 cm³/mol. The number of amides is 1. The van der Waals surface area contributed by atoms with Gasteiger partial charge in [-0.3, -0.25) is 15.1 Å².